The molecule has 0 aromatic heterocycles. The van der Waals surface area contributed by atoms with Gasteiger partial charge in [0.05, 0.1) is 69.2 Å². The summed E-state index contributed by atoms with van der Waals surface area (Å²) >= 11 is 6.00. The van der Waals surface area contributed by atoms with Gasteiger partial charge in [-0.2, -0.15) is 39.5 Å². The predicted octanol–water partition coefficient (Wildman–Crippen LogP) is 17.4. The molecule has 0 spiro atoms. The number of carbonyl (C=O) groups is 4. The van der Waals surface area contributed by atoms with Crippen molar-refractivity contribution >= 4 is 80.2 Å². The highest BCUT2D eigenvalue weighted by atomic mass is 35.5. The molecule has 4 aliphatic heterocycles. The van der Waals surface area contributed by atoms with E-state index in [1.807, 2.05) is 34.1 Å². The fourth-order valence-electron chi connectivity index (χ4n) is 13.8. The van der Waals surface area contributed by atoms with Crippen molar-refractivity contribution < 1.29 is 92.3 Å². The van der Waals surface area contributed by atoms with Gasteiger partial charge < -0.3 is 40.0 Å². The van der Waals surface area contributed by atoms with E-state index in [0.717, 1.165) is 82.9 Å². The third kappa shape index (κ3) is 21.0. The zero-order valence-corrected chi connectivity index (χ0v) is 63.3. The van der Waals surface area contributed by atoms with Crippen molar-refractivity contribution in [3.05, 3.63) is 280 Å². The summed E-state index contributed by atoms with van der Waals surface area (Å²) in [5.41, 5.74) is -2.78. The van der Waals surface area contributed by atoms with Gasteiger partial charge in [0.1, 0.15) is 39.9 Å². The van der Waals surface area contributed by atoms with Crippen LogP contribution in [0.4, 0.5) is 98.2 Å². The summed E-state index contributed by atoms with van der Waals surface area (Å²) in [5.74, 6) is -3.34. The van der Waals surface area contributed by atoms with E-state index in [1.54, 1.807) is 60.0 Å². The molecule has 16 nitrogen and oxygen atoms in total. The first kappa shape index (κ1) is 86.9. The standard InChI is InChI=1S/2C22H20F4N2O2.C21H19F3N2O2.C20H18ClFN2O2/c2*1-13-8-15-6-7-28(19(15)11-17(13)23)12-21(2,30)20(29)10-14-4-5-18(27-3)16(9-14)22(24,25)26;1-20(28,13-26-10-9-15-5-3-4-6-18(15)26)19(27)12-14-7-8-17(25-2)16(11-14)21(22,23)24;1-20(26,12-24-8-7-14-4-5-15(22)11-18(14)24)19(25)10-13-3-6-17(23-2)16(21)9-13/h2*4-5,8-9,11,30H,6-7,10,12H2,1-2H3;3-8,11,28H,9-10,12-13H2,1H3;3-6,9,11,26H,7-8,10,12H2,1H3/t2*21-;2*20-/m0000/s1. The number of hydrogen-bond donors (Lipinski definition) is 4. The van der Waals surface area contributed by atoms with Crippen molar-refractivity contribution in [3.8, 4) is 0 Å². The first-order chi connectivity index (χ1) is 53.2. The lowest BCUT2D eigenvalue weighted by atomic mass is 9.93. The molecule has 0 bridgehead atoms. The van der Waals surface area contributed by atoms with Crippen molar-refractivity contribution in [2.75, 3.05) is 72.0 Å². The van der Waals surface area contributed by atoms with Crippen molar-refractivity contribution in [2.45, 2.75) is 134 Å². The smallest absolute Gasteiger partial charge is 0.380 e. The minimum atomic E-state index is -4.72. The lowest BCUT2D eigenvalue weighted by Crippen LogP contribution is -2.47. The Morgan fingerprint density at radius 3 is 0.991 bits per heavy atom. The van der Waals surface area contributed by atoms with E-state index in [1.165, 1.54) is 70.2 Å². The molecule has 12 rings (SSSR count). The second kappa shape index (κ2) is 34.7. The number of aryl methyl sites for hydroxylation is 2. The molecular weight excluding hydrogens is 1520 g/mol. The Kier molecular flexibility index (Phi) is 26.4. The van der Waals surface area contributed by atoms with Gasteiger partial charge in [0.2, 0.25) is 5.69 Å². The molecule has 29 heteroatoms. The van der Waals surface area contributed by atoms with E-state index >= 15 is 0 Å². The lowest BCUT2D eigenvalue weighted by molar-refractivity contribution is -0.137. The Balaban J connectivity index is 0.000000174. The highest BCUT2D eigenvalue weighted by Crippen LogP contribution is 2.42. The summed E-state index contributed by atoms with van der Waals surface area (Å²) in [6, 6.07) is 32.6. The molecule has 4 heterocycles. The van der Waals surface area contributed by atoms with Gasteiger partial charge in [-0.1, -0.05) is 121 Å². The van der Waals surface area contributed by atoms with Gasteiger partial charge in [-0.15, -0.1) is 0 Å². The number of alkyl halides is 9. The van der Waals surface area contributed by atoms with Crippen LogP contribution in [0.1, 0.15) is 100 Å². The molecule has 0 radical (unpaired) electrons. The van der Waals surface area contributed by atoms with Crippen LogP contribution < -0.4 is 19.6 Å². The molecule has 8 aromatic rings. The average molecular weight is 1600 g/mol. The Bertz CT molecular complexity index is 5040. The van der Waals surface area contributed by atoms with Gasteiger partial charge in [-0.25, -0.2) is 32.6 Å². The van der Waals surface area contributed by atoms with E-state index in [2.05, 4.69) is 19.4 Å². The van der Waals surface area contributed by atoms with E-state index in [9.17, 15) is 92.3 Å². The number of aliphatic hydroxyl groups is 4. The van der Waals surface area contributed by atoms with Crippen LogP contribution >= 0.6 is 11.6 Å². The van der Waals surface area contributed by atoms with Crippen LogP contribution in [0.5, 0.6) is 0 Å². The lowest BCUT2D eigenvalue weighted by Gasteiger charge is -2.30. The first-order valence-electron chi connectivity index (χ1n) is 35.6. The van der Waals surface area contributed by atoms with Crippen molar-refractivity contribution in [1.82, 2.24) is 0 Å². The van der Waals surface area contributed by atoms with E-state index in [0.29, 0.717) is 72.8 Å². The summed E-state index contributed by atoms with van der Waals surface area (Å²) in [6.45, 7) is 38.6. The van der Waals surface area contributed by atoms with Crippen LogP contribution in [0, 0.1) is 57.6 Å². The maximum absolute atomic E-state index is 14.0. The zero-order chi connectivity index (χ0) is 84.0. The molecule has 0 unspecified atom stereocenters. The molecule has 0 aliphatic carbocycles. The Labute approximate surface area is 655 Å². The fourth-order valence-corrected chi connectivity index (χ4v) is 14.1. The highest BCUT2D eigenvalue weighted by Gasteiger charge is 2.42. The normalized spacial score (nSPS) is 15.5. The molecule has 0 saturated heterocycles. The van der Waals surface area contributed by atoms with Crippen molar-refractivity contribution in [3.63, 3.8) is 0 Å². The topological polar surface area (TPSA) is 180 Å². The molecule has 596 valence electrons. The van der Waals surface area contributed by atoms with Gasteiger partial charge in [0, 0.05) is 79.6 Å². The molecule has 114 heavy (non-hydrogen) atoms. The third-order valence-corrected chi connectivity index (χ3v) is 20.5. The number of fused-ring (bicyclic) bond motifs is 4. The number of halogens is 13. The zero-order valence-electron chi connectivity index (χ0n) is 62.5. The summed E-state index contributed by atoms with van der Waals surface area (Å²) in [7, 11) is 0. The van der Waals surface area contributed by atoms with E-state index < -0.39 is 105 Å². The Morgan fingerprint density at radius 2 is 0.667 bits per heavy atom. The molecule has 0 amide bonds. The van der Waals surface area contributed by atoms with E-state index in [4.69, 9.17) is 37.9 Å². The number of para-hydroxylation sites is 1. The first-order valence-corrected chi connectivity index (χ1v) is 36.0. The van der Waals surface area contributed by atoms with Crippen LogP contribution in [0.25, 0.3) is 19.4 Å². The minimum Gasteiger partial charge on any atom is -0.380 e. The second-order valence-corrected chi connectivity index (χ2v) is 29.7. The number of ketones is 4. The summed E-state index contributed by atoms with van der Waals surface area (Å²) in [6.07, 6.45) is -12.4. The largest absolute Gasteiger partial charge is 0.407 e. The van der Waals surface area contributed by atoms with Crippen LogP contribution in [-0.4, -0.2) is 118 Å². The summed E-state index contributed by atoms with van der Waals surface area (Å²) < 4.78 is 160. The SMILES string of the molecule is [C-]#[N+]c1ccc(CC(=O)[C@@](C)(O)CN2CCc3cc(C)c(F)cc32)cc1C(F)(F)F.[C-]#[N+]c1ccc(CC(=O)[C@@](C)(O)CN2CCc3cc(C)c(F)cc32)cc1C(F)(F)F.[C-]#[N+]c1ccc(CC(=O)[C@@](C)(O)CN2CCc3ccc(F)cc32)cc1Cl.[C-]#[N+]c1ccc(CC(=O)[C@@](C)(O)CN2CCc3ccccc32)cc1C(F)(F)F. The van der Waals surface area contributed by atoms with Gasteiger partial charge in [0.25, 0.3) is 0 Å². The Morgan fingerprint density at radius 1 is 0.377 bits per heavy atom. The number of rotatable bonds is 20. The third-order valence-electron chi connectivity index (χ3n) is 20.2. The summed E-state index contributed by atoms with van der Waals surface area (Å²) in [5, 5.41) is 43.1. The number of benzene rings is 8. The van der Waals surface area contributed by atoms with Gasteiger partial charge >= 0.3 is 18.5 Å². The van der Waals surface area contributed by atoms with Crippen molar-refractivity contribution in [2.24, 2.45) is 0 Å². The molecule has 0 fully saturated rings. The maximum Gasteiger partial charge on any atom is 0.407 e. The predicted molar refractivity (Wildman–Crippen MR) is 407 cm³/mol. The number of nitrogens with zero attached hydrogens (tertiary/aromatic N) is 8. The molecule has 8 aromatic carbocycles. The van der Waals surface area contributed by atoms with Crippen LogP contribution in [0.2, 0.25) is 5.02 Å². The van der Waals surface area contributed by atoms with Crippen LogP contribution in [-0.2, 0) is 89.1 Å². The second-order valence-electron chi connectivity index (χ2n) is 29.3. The van der Waals surface area contributed by atoms with Crippen LogP contribution in [0.3, 0.4) is 0 Å². The summed E-state index contributed by atoms with van der Waals surface area (Å²) in [4.78, 5) is 69.7. The number of Topliss-reactive ketones (excluding diaryl/α,β-unsaturated/α-hetero) is 4. The monoisotopic (exact) mass is 1600 g/mol. The average Bonchev–Trinajstić information content (AvgIpc) is 1.41. The molecule has 4 N–H and O–H groups in total. The van der Waals surface area contributed by atoms with Gasteiger partial charge in [0.15, 0.2) is 40.2 Å². The van der Waals surface area contributed by atoms with Gasteiger partial charge in [-0.05, 0) is 153 Å². The number of anilines is 4. The highest BCUT2D eigenvalue weighted by molar-refractivity contribution is 6.33. The Hall–Kier alpha value is -11.1. The number of carbonyl (C=O) groups excluding carboxylic acids is 4. The fraction of sp³-hybridized carbons (Fsp3) is 0.341. The molecule has 4 aliphatic rings. The number of hydrogen-bond acceptors (Lipinski definition) is 12. The minimum absolute atomic E-state index is 0.00878. The maximum atomic E-state index is 14.0. The van der Waals surface area contributed by atoms with E-state index in [-0.39, 0.29) is 84.0 Å². The number of β-amino-alcohol motifs (C(OH)–C–C–N with tert-alkyl or cyclic N) is 4. The van der Waals surface area contributed by atoms with Crippen LogP contribution in [0.15, 0.2) is 140 Å². The molecule has 4 atom stereocenters. The molecule has 0 saturated carbocycles. The van der Waals surface area contributed by atoms with Gasteiger partial charge in [-0.3, -0.25) is 19.2 Å². The molecular formula is C85H77ClF12N8O8. The van der Waals surface area contributed by atoms with Crippen molar-refractivity contribution in [1.29, 1.82) is 0 Å². The quantitative estimate of drug-likeness (QED) is 0.0420.